The second-order valence-corrected chi connectivity index (χ2v) is 20.1. The number of rotatable bonds is 24. The topological polar surface area (TPSA) is 115 Å². The maximum absolute atomic E-state index is 12.6. The molecule has 0 heterocycles. The molecule has 6 heteroatoms. The zero-order chi connectivity index (χ0) is 48.9. The van der Waals surface area contributed by atoms with Crippen molar-refractivity contribution < 1.29 is 30.0 Å². The molecule has 0 fully saturated rings. The highest BCUT2D eigenvalue weighted by atomic mass is 16.3. The van der Waals surface area contributed by atoms with Gasteiger partial charge in [-0.15, -0.1) is 0 Å². The highest BCUT2D eigenvalue weighted by Crippen LogP contribution is 2.38. The Morgan fingerprint density at radius 1 is 0.438 bits per heavy atom. The van der Waals surface area contributed by atoms with Gasteiger partial charge in [0.25, 0.3) is 0 Å². The summed E-state index contributed by atoms with van der Waals surface area (Å²) in [7, 11) is 0. The van der Waals surface area contributed by atoms with E-state index in [4.69, 9.17) is 0 Å². The third-order valence-corrected chi connectivity index (χ3v) is 13.1. The van der Waals surface area contributed by atoms with Gasteiger partial charge in [-0.05, 0) is 230 Å². The molecule has 0 saturated heterocycles. The van der Waals surface area contributed by atoms with Crippen molar-refractivity contribution in [2.75, 3.05) is 0 Å². The van der Waals surface area contributed by atoms with Crippen LogP contribution >= 0.6 is 0 Å². The molecule has 0 unspecified atom stereocenters. The lowest BCUT2D eigenvalue weighted by atomic mass is 9.82. The molecule has 2 rings (SSSR count). The first-order valence-electron chi connectivity index (χ1n) is 24.0. The standard InChI is InChI=1S/C29H46O3.C29H44O3/c2*1-20(2)12-9-13-21(3)14-10-15-22(4)16-11-18-29(8,32)19-17-26-25(7)27(30)23(5)24(6)28(26)31/h12,14,16,30-32H,9-11,13,15,17-19H2,1-8H3;12,14,16,32H,9-11,13,15,17-19H2,1-8H3/b2*21-14+,22-16+/t2*29-/m00/s1. The summed E-state index contributed by atoms with van der Waals surface area (Å²) in [6.45, 7) is 31.6. The van der Waals surface area contributed by atoms with Gasteiger partial charge in [-0.3, -0.25) is 9.59 Å². The summed E-state index contributed by atoms with van der Waals surface area (Å²) in [4.78, 5) is 24.9. The molecule has 1 aliphatic carbocycles. The van der Waals surface area contributed by atoms with Crippen LogP contribution in [0.1, 0.15) is 209 Å². The largest absolute Gasteiger partial charge is 0.507 e. The molecule has 0 bridgehead atoms. The zero-order valence-corrected chi connectivity index (χ0v) is 43.4. The first kappa shape index (κ1) is 58.0. The average Bonchev–Trinajstić information content (AvgIpc) is 3.20. The van der Waals surface area contributed by atoms with E-state index in [0.29, 0.717) is 77.5 Å². The Morgan fingerprint density at radius 2 is 0.781 bits per heavy atom. The summed E-state index contributed by atoms with van der Waals surface area (Å²) in [6.07, 6.45) is 27.4. The van der Waals surface area contributed by atoms with Crippen molar-refractivity contribution in [3.05, 3.63) is 114 Å². The van der Waals surface area contributed by atoms with Crippen molar-refractivity contribution in [2.45, 2.75) is 225 Å². The zero-order valence-electron chi connectivity index (χ0n) is 43.4. The summed E-state index contributed by atoms with van der Waals surface area (Å²) in [5.41, 5.74) is 11.7. The molecule has 64 heavy (non-hydrogen) atoms. The van der Waals surface area contributed by atoms with Gasteiger partial charge in [0.1, 0.15) is 11.5 Å². The van der Waals surface area contributed by atoms with Gasteiger partial charge in [0.05, 0.1) is 11.2 Å². The molecule has 0 aliphatic heterocycles. The van der Waals surface area contributed by atoms with Crippen LogP contribution in [0.2, 0.25) is 0 Å². The number of carbonyl (C=O) groups is 2. The van der Waals surface area contributed by atoms with E-state index in [1.807, 2.05) is 34.6 Å². The van der Waals surface area contributed by atoms with Crippen LogP contribution in [0.25, 0.3) is 0 Å². The maximum Gasteiger partial charge on any atom is 0.185 e. The van der Waals surface area contributed by atoms with Crippen LogP contribution in [-0.2, 0) is 16.0 Å². The van der Waals surface area contributed by atoms with Crippen molar-refractivity contribution >= 4 is 11.6 Å². The molecule has 1 aliphatic rings. The van der Waals surface area contributed by atoms with Crippen LogP contribution in [0.15, 0.2) is 92.2 Å². The number of allylic oxidation sites excluding steroid dienone is 16. The predicted octanol–water partition coefficient (Wildman–Crippen LogP) is 15.4. The van der Waals surface area contributed by atoms with Crippen LogP contribution in [0, 0.1) is 20.8 Å². The van der Waals surface area contributed by atoms with Gasteiger partial charge in [0.15, 0.2) is 11.6 Å². The SMILES string of the molecule is CC(C)=CCC/C(C)=C/CC/C(C)=C/CC[C@](C)(O)CCC1=C(C)C(=O)C(C)=C(C)C1=O.CC(C)=CCC/C(C)=C/CC/C(C)=C/CC[C@](C)(O)CCc1c(C)c(O)c(C)c(C)c1O. The Balaban J connectivity index is 0.000000640. The summed E-state index contributed by atoms with van der Waals surface area (Å²) in [6, 6.07) is 0. The number of benzene rings is 1. The normalized spacial score (nSPS) is 16.1. The summed E-state index contributed by atoms with van der Waals surface area (Å²) in [5.74, 6) is 0.398. The van der Waals surface area contributed by atoms with E-state index in [-0.39, 0.29) is 23.1 Å². The van der Waals surface area contributed by atoms with Crippen molar-refractivity contribution in [1.82, 2.24) is 0 Å². The number of aliphatic hydroxyl groups is 2. The molecule has 0 radical (unpaired) electrons. The lowest BCUT2D eigenvalue weighted by Crippen LogP contribution is -2.26. The van der Waals surface area contributed by atoms with Gasteiger partial charge in [0, 0.05) is 27.9 Å². The molecule has 0 saturated carbocycles. The van der Waals surface area contributed by atoms with Crippen molar-refractivity contribution in [3.8, 4) is 11.5 Å². The highest BCUT2D eigenvalue weighted by Gasteiger charge is 2.30. The fourth-order valence-corrected chi connectivity index (χ4v) is 7.92. The highest BCUT2D eigenvalue weighted by molar-refractivity contribution is 6.24. The number of hydrogen-bond acceptors (Lipinski definition) is 6. The van der Waals surface area contributed by atoms with E-state index in [1.54, 1.807) is 20.8 Å². The third-order valence-electron chi connectivity index (χ3n) is 13.1. The van der Waals surface area contributed by atoms with Gasteiger partial charge < -0.3 is 20.4 Å². The number of ketones is 2. The molecule has 0 spiro atoms. The lowest BCUT2D eigenvalue weighted by molar-refractivity contribution is -0.116. The monoisotopic (exact) mass is 883 g/mol. The summed E-state index contributed by atoms with van der Waals surface area (Å²) in [5, 5.41) is 42.5. The van der Waals surface area contributed by atoms with Gasteiger partial charge in [-0.1, -0.05) is 69.9 Å². The van der Waals surface area contributed by atoms with E-state index in [9.17, 15) is 30.0 Å². The van der Waals surface area contributed by atoms with E-state index < -0.39 is 11.2 Å². The van der Waals surface area contributed by atoms with E-state index in [2.05, 4.69) is 91.8 Å². The van der Waals surface area contributed by atoms with Gasteiger partial charge in [-0.25, -0.2) is 0 Å². The Kier molecular flexibility index (Phi) is 25.5. The van der Waals surface area contributed by atoms with Crippen molar-refractivity contribution in [3.63, 3.8) is 0 Å². The van der Waals surface area contributed by atoms with E-state index in [1.165, 1.54) is 33.4 Å². The van der Waals surface area contributed by atoms with Crippen LogP contribution < -0.4 is 0 Å². The van der Waals surface area contributed by atoms with Crippen LogP contribution in [0.3, 0.4) is 0 Å². The fourth-order valence-electron chi connectivity index (χ4n) is 7.92. The first-order chi connectivity index (χ1) is 29.7. The second-order valence-electron chi connectivity index (χ2n) is 20.1. The second kappa shape index (κ2) is 28.1. The molecular formula is C58H90O6. The molecular weight excluding hydrogens is 793 g/mol. The number of phenolic OH excluding ortho intramolecular Hbond substituents is 2. The minimum Gasteiger partial charge on any atom is -0.507 e. The lowest BCUT2D eigenvalue weighted by Gasteiger charge is -2.25. The maximum atomic E-state index is 12.6. The number of aromatic hydroxyl groups is 2. The Hall–Kier alpha value is -4.00. The Morgan fingerprint density at radius 3 is 1.19 bits per heavy atom. The first-order valence-corrected chi connectivity index (χ1v) is 24.0. The number of carbonyl (C=O) groups excluding carboxylic acids is 2. The summed E-state index contributed by atoms with van der Waals surface area (Å²) >= 11 is 0. The molecule has 0 aromatic heterocycles. The van der Waals surface area contributed by atoms with Crippen molar-refractivity contribution in [1.29, 1.82) is 0 Å². The molecule has 4 N–H and O–H groups in total. The Labute approximate surface area is 390 Å². The Bertz CT molecular complexity index is 1960. The molecule has 358 valence electrons. The molecule has 1 aromatic carbocycles. The van der Waals surface area contributed by atoms with E-state index in [0.717, 1.165) is 69.8 Å². The van der Waals surface area contributed by atoms with E-state index >= 15 is 0 Å². The minimum absolute atomic E-state index is 0.0449. The smallest absolute Gasteiger partial charge is 0.185 e. The molecule has 1 aromatic rings. The summed E-state index contributed by atoms with van der Waals surface area (Å²) < 4.78 is 0. The number of phenols is 2. The fraction of sp³-hybridized carbons (Fsp3) is 0.586. The molecule has 0 amide bonds. The van der Waals surface area contributed by atoms with Crippen LogP contribution in [0.4, 0.5) is 0 Å². The molecule has 2 atom stereocenters. The minimum atomic E-state index is -0.862. The van der Waals surface area contributed by atoms with Crippen LogP contribution in [-0.4, -0.2) is 43.2 Å². The van der Waals surface area contributed by atoms with Gasteiger partial charge in [-0.2, -0.15) is 0 Å². The van der Waals surface area contributed by atoms with Crippen molar-refractivity contribution in [2.24, 2.45) is 0 Å². The number of hydrogen-bond donors (Lipinski definition) is 4. The van der Waals surface area contributed by atoms with Crippen LogP contribution in [0.5, 0.6) is 11.5 Å². The third kappa shape index (κ3) is 21.3. The van der Waals surface area contributed by atoms with Gasteiger partial charge >= 0.3 is 0 Å². The average molecular weight is 883 g/mol. The predicted molar refractivity (Wildman–Crippen MR) is 273 cm³/mol. The quantitative estimate of drug-likeness (QED) is 0.0467. The van der Waals surface area contributed by atoms with Gasteiger partial charge in [0.2, 0.25) is 0 Å². The number of Topliss-reactive ketones (excluding diaryl/α,β-unsaturated/α-hetero) is 2. The molecule has 6 nitrogen and oxygen atoms in total.